The summed E-state index contributed by atoms with van der Waals surface area (Å²) >= 11 is 0. The van der Waals surface area contributed by atoms with Gasteiger partial charge in [-0.2, -0.15) is 0 Å². The van der Waals surface area contributed by atoms with Gasteiger partial charge in [0.1, 0.15) is 24.8 Å². The van der Waals surface area contributed by atoms with Crippen LogP contribution in [0.15, 0.2) is 23.0 Å². The fourth-order valence-electron chi connectivity index (χ4n) is 4.75. The molecule has 1 atom stereocenters. The van der Waals surface area contributed by atoms with E-state index in [9.17, 15) is 23.9 Å². The molecule has 0 radical (unpaired) electrons. The highest BCUT2D eigenvalue weighted by molar-refractivity contribution is 5.92. The fraction of sp³-hybridized carbons (Fsp3) is 0.360. The molecule has 5 rings (SSSR count). The summed E-state index contributed by atoms with van der Waals surface area (Å²) in [5, 5.41) is 14.2. The lowest BCUT2D eigenvalue weighted by Crippen LogP contribution is -2.44. The predicted octanol–water partition coefficient (Wildman–Crippen LogP) is 0.981. The molecule has 2 aromatic heterocycles. The summed E-state index contributed by atoms with van der Waals surface area (Å²) < 4.78 is 27.1. The van der Waals surface area contributed by atoms with Gasteiger partial charge in [0, 0.05) is 22.6 Å². The molecule has 1 amide bonds. The predicted molar refractivity (Wildman–Crippen MR) is 127 cm³/mol. The number of benzene rings is 1. The largest absolute Gasteiger partial charge is 0.491 e. The maximum atomic E-state index is 14.5. The highest BCUT2D eigenvalue weighted by Crippen LogP contribution is 2.43. The zero-order valence-electron chi connectivity index (χ0n) is 19.8. The molecule has 0 bridgehead atoms. The molecule has 0 saturated heterocycles. The summed E-state index contributed by atoms with van der Waals surface area (Å²) in [6.07, 6.45) is 0.0209. The first-order valence-corrected chi connectivity index (χ1v) is 11.6. The van der Waals surface area contributed by atoms with Crippen LogP contribution in [0.25, 0.3) is 22.3 Å². The number of pyridine rings is 2. The normalized spacial score (nSPS) is 17.9. The van der Waals surface area contributed by atoms with Crippen LogP contribution in [0.2, 0.25) is 0 Å². The van der Waals surface area contributed by atoms with E-state index in [1.165, 1.54) is 10.6 Å². The van der Waals surface area contributed by atoms with E-state index in [-0.39, 0.29) is 56.3 Å². The minimum absolute atomic E-state index is 0.0209. The number of fused-ring (bicyclic) bond motifs is 5. The lowest BCUT2D eigenvalue weighted by Gasteiger charge is -2.31. The van der Waals surface area contributed by atoms with Gasteiger partial charge in [-0.05, 0) is 31.0 Å². The van der Waals surface area contributed by atoms with Crippen LogP contribution in [-0.4, -0.2) is 46.2 Å². The van der Waals surface area contributed by atoms with E-state index >= 15 is 0 Å². The third kappa shape index (κ3) is 3.54. The van der Waals surface area contributed by atoms with E-state index in [1.807, 2.05) is 0 Å². The van der Waals surface area contributed by atoms with Gasteiger partial charge in [0.2, 0.25) is 5.91 Å². The molecule has 2 aliphatic heterocycles. The van der Waals surface area contributed by atoms with Crippen molar-refractivity contribution < 1.29 is 28.6 Å². The number of carbonyl (C=O) groups is 2. The number of nitrogens with zero attached hydrogens (tertiary/aromatic N) is 2. The van der Waals surface area contributed by atoms with Gasteiger partial charge in [0.05, 0.1) is 42.1 Å². The van der Waals surface area contributed by atoms with Crippen molar-refractivity contribution >= 4 is 22.8 Å². The zero-order chi connectivity index (χ0) is 25.8. The Balaban J connectivity index is 1.68. The first-order valence-electron chi connectivity index (χ1n) is 11.6. The summed E-state index contributed by atoms with van der Waals surface area (Å²) in [7, 11) is 0. The van der Waals surface area contributed by atoms with Gasteiger partial charge >= 0.3 is 5.97 Å². The van der Waals surface area contributed by atoms with Gasteiger partial charge in [0.15, 0.2) is 5.60 Å². The number of aromatic nitrogens is 2. The Labute approximate surface area is 204 Å². The van der Waals surface area contributed by atoms with E-state index in [2.05, 4.69) is 10.3 Å². The second-order valence-electron chi connectivity index (χ2n) is 8.89. The highest BCUT2D eigenvalue weighted by atomic mass is 19.1. The SMILES string of the molecule is CC[C@@]1(O)C(=O)OCc2c1cc1n(c2=O)Cc2c-1nc1cc(F)c(C)cc1c2OCCNC(=O)CN. The first kappa shape index (κ1) is 23.9. The minimum atomic E-state index is -1.95. The van der Waals surface area contributed by atoms with Crippen LogP contribution >= 0.6 is 0 Å². The van der Waals surface area contributed by atoms with E-state index in [0.29, 0.717) is 39.2 Å². The van der Waals surface area contributed by atoms with Gasteiger partial charge in [-0.15, -0.1) is 0 Å². The summed E-state index contributed by atoms with van der Waals surface area (Å²) in [6.45, 7) is 3.29. The number of aryl methyl sites for hydroxylation is 1. The van der Waals surface area contributed by atoms with Crippen molar-refractivity contribution in [1.82, 2.24) is 14.9 Å². The van der Waals surface area contributed by atoms with E-state index in [0.717, 1.165) is 0 Å². The van der Waals surface area contributed by atoms with Crippen molar-refractivity contribution in [2.45, 2.75) is 39.0 Å². The number of esters is 1. The van der Waals surface area contributed by atoms with Gasteiger partial charge in [-0.25, -0.2) is 14.2 Å². The molecule has 0 fully saturated rings. The molecular formula is C25H25FN4O6. The summed E-state index contributed by atoms with van der Waals surface area (Å²) in [4.78, 5) is 42.0. The van der Waals surface area contributed by atoms with Gasteiger partial charge in [-0.1, -0.05) is 6.92 Å². The first-order chi connectivity index (χ1) is 17.2. The molecule has 36 heavy (non-hydrogen) atoms. The van der Waals surface area contributed by atoms with Crippen LogP contribution < -0.4 is 21.3 Å². The minimum Gasteiger partial charge on any atom is -0.491 e. The molecule has 0 saturated carbocycles. The number of aliphatic hydroxyl groups is 1. The van der Waals surface area contributed by atoms with Crippen LogP contribution in [-0.2, 0) is 33.1 Å². The average Bonchev–Trinajstić information content (AvgIpc) is 3.23. The summed E-state index contributed by atoms with van der Waals surface area (Å²) in [5.41, 5.74) is 5.45. The van der Waals surface area contributed by atoms with Gasteiger partial charge in [0.25, 0.3) is 5.56 Å². The fourth-order valence-corrected chi connectivity index (χ4v) is 4.75. The average molecular weight is 496 g/mol. The van der Waals surface area contributed by atoms with Crippen LogP contribution in [0.5, 0.6) is 5.75 Å². The second kappa shape index (κ2) is 8.68. The number of hydrogen-bond donors (Lipinski definition) is 3. The van der Waals surface area contributed by atoms with Crippen molar-refractivity contribution in [3.63, 3.8) is 0 Å². The molecule has 10 nitrogen and oxygen atoms in total. The third-order valence-corrected chi connectivity index (χ3v) is 6.77. The Morgan fingerprint density at radius 1 is 1.33 bits per heavy atom. The van der Waals surface area contributed by atoms with E-state index in [1.54, 1.807) is 26.0 Å². The molecule has 3 aromatic rings. The Bertz CT molecular complexity index is 1500. The molecule has 11 heteroatoms. The zero-order valence-corrected chi connectivity index (χ0v) is 19.8. The van der Waals surface area contributed by atoms with Crippen molar-refractivity contribution in [3.05, 3.63) is 56.6 Å². The number of ether oxygens (including phenoxy) is 2. The Kier molecular flexibility index (Phi) is 5.76. The van der Waals surface area contributed by atoms with E-state index in [4.69, 9.17) is 15.2 Å². The molecule has 0 unspecified atom stereocenters. The molecule has 188 valence electrons. The Morgan fingerprint density at radius 3 is 2.83 bits per heavy atom. The number of cyclic esters (lactones) is 1. The lowest BCUT2D eigenvalue weighted by molar-refractivity contribution is -0.172. The molecular weight excluding hydrogens is 471 g/mol. The van der Waals surface area contributed by atoms with E-state index < -0.39 is 22.9 Å². The Morgan fingerprint density at radius 2 is 2.11 bits per heavy atom. The number of nitrogens with two attached hydrogens (primary N) is 1. The number of halogens is 1. The van der Waals surface area contributed by atoms with Gasteiger partial charge < -0.3 is 30.2 Å². The molecule has 0 aliphatic carbocycles. The number of carbonyl (C=O) groups excluding carboxylic acids is 2. The molecule has 0 spiro atoms. The molecule has 2 aliphatic rings. The topological polar surface area (TPSA) is 146 Å². The lowest BCUT2D eigenvalue weighted by atomic mass is 9.86. The number of amides is 1. The second-order valence-corrected chi connectivity index (χ2v) is 8.89. The van der Waals surface area contributed by atoms with Gasteiger partial charge in [-0.3, -0.25) is 9.59 Å². The smallest absolute Gasteiger partial charge is 0.343 e. The quantitative estimate of drug-likeness (QED) is 0.265. The number of hydrogen-bond acceptors (Lipinski definition) is 8. The maximum absolute atomic E-state index is 14.5. The standard InChI is InChI=1S/C25H25FN4O6/c1-3-25(34)16-7-19-21-14(10-30(19)23(32)15(16)11-36-24(25)33)22(35-5-4-28-20(31)9-27)13-6-12(2)17(26)8-18(13)29-21/h6-8,34H,3-5,9-11,27H2,1-2H3,(H,28,31)/t25-/m0/s1. The number of rotatable bonds is 6. The maximum Gasteiger partial charge on any atom is 0.343 e. The van der Waals surface area contributed by atoms with Crippen molar-refractivity contribution in [2.24, 2.45) is 5.73 Å². The molecule has 4 N–H and O–H groups in total. The van der Waals surface area contributed by atoms with Crippen LogP contribution in [0, 0.1) is 12.7 Å². The Hall–Kier alpha value is -3.83. The highest BCUT2D eigenvalue weighted by Gasteiger charge is 2.45. The van der Waals surface area contributed by atoms with Crippen LogP contribution in [0.4, 0.5) is 4.39 Å². The molecule has 1 aromatic carbocycles. The molecule has 4 heterocycles. The van der Waals surface area contributed by atoms with Crippen LogP contribution in [0.1, 0.15) is 35.6 Å². The van der Waals surface area contributed by atoms with Crippen molar-refractivity contribution in [2.75, 3.05) is 19.7 Å². The van der Waals surface area contributed by atoms with Crippen LogP contribution in [0.3, 0.4) is 0 Å². The third-order valence-electron chi connectivity index (χ3n) is 6.77. The van der Waals surface area contributed by atoms with Crippen molar-refractivity contribution in [1.29, 1.82) is 0 Å². The summed E-state index contributed by atoms with van der Waals surface area (Å²) in [5.74, 6) is -1.17. The van der Waals surface area contributed by atoms with Crippen molar-refractivity contribution in [3.8, 4) is 17.1 Å². The number of nitrogens with one attached hydrogen (secondary N) is 1. The monoisotopic (exact) mass is 496 g/mol. The summed E-state index contributed by atoms with van der Waals surface area (Å²) in [6, 6.07) is 4.51.